The minimum absolute atomic E-state index is 0.00401. The topological polar surface area (TPSA) is 65.1 Å². The van der Waals surface area contributed by atoms with Crippen molar-refractivity contribution in [3.8, 4) is 0 Å². The molecule has 31 heavy (non-hydrogen) atoms. The van der Waals surface area contributed by atoms with Gasteiger partial charge in [0.2, 0.25) is 11.8 Å². The van der Waals surface area contributed by atoms with Gasteiger partial charge in [0.25, 0.3) is 0 Å². The summed E-state index contributed by atoms with van der Waals surface area (Å²) < 4.78 is 18.8. The molecule has 2 saturated heterocycles. The smallest absolute Gasteiger partial charge is 0.234 e. The molecule has 0 aromatic heterocycles. The van der Waals surface area contributed by atoms with Crippen LogP contribution in [0.25, 0.3) is 0 Å². The van der Waals surface area contributed by atoms with Crippen LogP contribution in [0.2, 0.25) is 0 Å². The van der Waals surface area contributed by atoms with Crippen molar-refractivity contribution in [3.63, 3.8) is 0 Å². The Hall–Kier alpha value is -2.03. The molecule has 2 aliphatic rings. The van der Waals surface area contributed by atoms with E-state index in [1.165, 1.54) is 12.1 Å². The lowest BCUT2D eigenvalue weighted by atomic mass is 10.1. The van der Waals surface area contributed by atoms with Crippen molar-refractivity contribution in [2.24, 2.45) is 5.92 Å². The van der Waals surface area contributed by atoms with Gasteiger partial charge in [-0.25, -0.2) is 4.39 Å². The predicted molar refractivity (Wildman–Crippen MR) is 117 cm³/mol. The molecular weight excluding hydrogens is 399 g/mol. The van der Waals surface area contributed by atoms with Gasteiger partial charge in [-0.05, 0) is 23.6 Å². The second kappa shape index (κ2) is 11.5. The van der Waals surface area contributed by atoms with Crippen molar-refractivity contribution >= 4 is 11.8 Å². The number of amides is 2. The fraction of sp³-hybridized carbons (Fsp3) is 0.652. The molecule has 0 spiro atoms. The zero-order valence-corrected chi connectivity index (χ0v) is 18.7. The Labute approximate surface area is 184 Å². The lowest BCUT2D eigenvalue weighted by Crippen LogP contribution is -2.52. The summed E-state index contributed by atoms with van der Waals surface area (Å²) in [5.41, 5.74) is 0.810. The van der Waals surface area contributed by atoms with Crippen molar-refractivity contribution < 1.29 is 18.7 Å². The first kappa shape index (κ1) is 23.6. The van der Waals surface area contributed by atoms with Gasteiger partial charge in [0.05, 0.1) is 25.7 Å². The van der Waals surface area contributed by atoms with Crippen LogP contribution in [0.1, 0.15) is 19.4 Å². The van der Waals surface area contributed by atoms with Crippen molar-refractivity contribution in [2.75, 3.05) is 65.5 Å². The van der Waals surface area contributed by atoms with E-state index >= 15 is 0 Å². The number of carbonyl (C=O) groups excluding carboxylic acids is 2. The zero-order valence-electron chi connectivity index (χ0n) is 18.7. The summed E-state index contributed by atoms with van der Waals surface area (Å²) in [5, 5.41) is 3.00. The summed E-state index contributed by atoms with van der Waals surface area (Å²) in [6.07, 6.45) is 0.313. The van der Waals surface area contributed by atoms with Crippen molar-refractivity contribution in [1.82, 2.24) is 20.0 Å². The highest BCUT2D eigenvalue weighted by molar-refractivity contribution is 5.79. The van der Waals surface area contributed by atoms with Crippen LogP contribution in [0.15, 0.2) is 24.3 Å². The quantitative estimate of drug-likeness (QED) is 0.661. The molecule has 2 aliphatic heterocycles. The molecule has 1 unspecified atom stereocenters. The number of nitrogens with one attached hydrogen (secondary N) is 1. The second-order valence-electron chi connectivity index (χ2n) is 8.91. The monoisotopic (exact) mass is 434 g/mol. The van der Waals surface area contributed by atoms with E-state index in [9.17, 15) is 14.0 Å². The van der Waals surface area contributed by atoms with Crippen molar-refractivity contribution in [3.05, 3.63) is 35.6 Å². The molecule has 172 valence electrons. The number of benzene rings is 1. The number of carbonyl (C=O) groups is 2. The number of hydrogen-bond acceptors (Lipinski definition) is 5. The lowest BCUT2D eigenvalue weighted by Gasteiger charge is -2.35. The third kappa shape index (κ3) is 7.87. The first-order valence-electron chi connectivity index (χ1n) is 11.2. The van der Waals surface area contributed by atoms with Crippen LogP contribution >= 0.6 is 0 Å². The largest absolute Gasteiger partial charge is 0.374 e. The first-order chi connectivity index (χ1) is 14.9. The molecular formula is C23H35FN4O3. The molecule has 1 aromatic rings. The third-order valence-electron chi connectivity index (χ3n) is 5.73. The fourth-order valence-corrected chi connectivity index (χ4v) is 4.12. The molecule has 1 aromatic carbocycles. The highest BCUT2D eigenvalue weighted by Gasteiger charge is 2.24. The molecule has 0 saturated carbocycles. The van der Waals surface area contributed by atoms with Crippen molar-refractivity contribution in [1.29, 1.82) is 0 Å². The summed E-state index contributed by atoms with van der Waals surface area (Å²) in [6.45, 7) is 11.4. The Bertz CT molecular complexity index is 720. The summed E-state index contributed by atoms with van der Waals surface area (Å²) in [7, 11) is 0. The van der Waals surface area contributed by atoms with E-state index < -0.39 is 0 Å². The van der Waals surface area contributed by atoms with Gasteiger partial charge in [0.1, 0.15) is 5.82 Å². The van der Waals surface area contributed by atoms with Crippen LogP contribution in [0, 0.1) is 11.7 Å². The van der Waals surface area contributed by atoms with Crippen LogP contribution in [0.5, 0.6) is 0 Å². The summed E-state index contributed by atoms with van der Waals surface area (Å²) in [5.74, 6) is 0.354. The minimum atomic E-state index is -0.300. The van der Waals surface area contributed by atoms with Crippen LogP contribution in [0.3, 0.4) is 0 Å². The zero-order chi connectivity index (χ0) is 22.2. The number of rotatable bonds is 8. The van der Waals surface area contributed by atoms with Gasteiger partial charge in [-0.3, -0.25) is 19.4 Å². The first-order valence-corrected chi connectivity index (χ1v) is 11.2. The summed E-state index contributed by atoms with van der Waals surface area (Å²) in [4.78, 5) is 31.1. The van der Waals surface area contributed by atoms with E-state index in [1.54, 1.807) is 12.1 Å². The molecule has 1 atom stereocenters. The molecule has 8 heteroatoms. The molecule has 1 N–H and O–H groups in total. The van der Waals surface area contributed by atoms with Gasteiger partial charge < -0.3 is 15.0 Å². The SMILES string of the molecule is CC(C)CN1CCOC(CNC(=O)CN2CCN(C(=O)Cc3ccc(F)cc3)CC2)C1. The average molecular weight is 435 g/mol. The van der Waals surface area contributed by atoms with Gasteiger partial charge in [-0.2, -0.15) is 0 Å². The Balaban J connectivity index is 1.33. The molecule has 2 amide bonds. The van der Waals surface area contributed by atoms with Gasteiger partial charge in [0.15, 0.2) is 0 Å². The van der Waals surface area contributed by atoms with Gasteiger partial charge in [0, 0.05) is 52.4 Å². The number of morpholine rings is 1. The van der Waals surface area contributed by atoms with Gasteiger partial charge in [-0.15, -0.1) is 0 Å². The maximum absolute atomic E-state index is 13.0. The average Bonchev–Trinajstić information content (AvgIpc) is 2.74. The van der Waals surface area contributed by atoms with E-state index in [0.29, 0.717) is 51.8 Å². The molecule has 2 heterocycles. The Morgan fingerprint density at radius 2 is 1.81 bits per heavy atom. The van der Waals surface area contributed by atoms with Crippen molar-refractivity contribution in [2.45, 2.75) is 26.4 Å². The van der Waals surface area contributed by atoms with E-state index in [1.807, 2.05) is 4.90 Å². The predicted octanol–water partition coefficient (Wildman–Crippen LogP) is 0.985. The van der Waals surface area contributed by atoms with E-state index in [-0.39, 0.29) is 30.2 Å². The normalized spacial score (nSPS) is 20.8. The second-order valence-corrected chi connectivity index (χ2v) is 8.91. The molecule has 0 bridgehead atoms. The summed E-state index contributed by atoms with van der Waals surface area (Å²) >= 11 is 0. The van der Waals surface area contributed by atoms with Crippen LogP contribution in [-0.4, -0.2) is 98.1 Å². The Morgan fingerprint density at radius 3 is 2.48 bits per heavy atom. The molecule has 7 nitrogen and oxygen atoms in total. The number of piperazine rings is 1. The lowest BCUT2D eigenvalue weighted by molar-refractivity contribution is -0.132. The van der Waals surface area contributed by atoms with E-state index in [0.717, 1.165) is 25.2 Å². The number of nitrogens with zero attached hydrogens (tertiary/aromatic N) is 3. The highest BCUT2D eigenvalue weighted by atomic mass is 19.1. The maximum atomic E-state index is 13.0. The molecule has 2 fully saturated rings. The fourth-order valence-electron chi connectivity index (χ4n) is 4.12. The Kier molecular flexibility index (Phi) is 8.80. The van der Waals surface area contributed by atoms with E-state index in [2.05, 4.69) is 29.0 Å². The van der Waals surface area contributed by atoms with Crippen LogP contribution in [-0.2, 0) is 20.7 Å². The summed E-state index contributed by atoms with van der Waals surface area (Å²) in [6, 6.07) is 6.04. The number of ether oxygens (including phenoxy) is 1. The maximum Gasteiger partial charge on any atom is 0.234 e. The third-order valence-corrected chi connectivity index (χ3v) is 5.73. The minimum Gasteiger partial charge on any atom is -0.374 e. The van der Waals surface area contributed by atoms with Crippen LogP contribution < -0.4 is 5.32 Å². The molecule has 3 rings (SSSR count). The van der Waals surface area contributed by atoms with Gasteiger partial charge in [-0.1, -0.05) is 26.0 Å². The molecule has 0 aliphatic carbocycles. The molecule has 0 radical (unpaired) electrons. The number of halogens is 1. The van der Waals surface area contributed by atoms with E-state index in [4.69, 9.17) is 4.74 Å². The number of hydrogen-bond donors (Lipinski definition) is 1. The van der Waals surface area contributed by atoms with Gasteiger partial charge >= 0.3 is 0 Å². The highest BCUT2D eigenvalue weighted by Crippen LogP contribution is 2.09. The standard InChI is InChI=1S/C23H35FN4O3/c1-18(2)15-27-11-12-31-21(16-27)14-25-22(29)17-26-7-9-28(10-8-26)23(30)13-19-3-5-20(24)6-4-19/h3-6,18,21H,7-17H2,1-2H3,(H,25,29). The Morgan fingerprint density at radius 1 is 1.10 bits per heavy atom. The van der Waals surface area contributed by atoms with Crippen LogP contribution in [0.4, 0.5) is 4.39 Å².